The number of hydrogen-bond donors (Lipinski definition) is 3. The Hall–Kier alpha value is -0.100. The number of aliphatic hydroxyl groups is 2. The highest BCUT2D eigenvalue weighted by atomic mass is 32.2. The zero-order valence-corrected chi connectivity index (χ0v) is 7.79. The first-order valence-corrected chi connectivity index (χ1v) is 5.66. The second-order valence-corrected chi connectivity index (χ2v) is 4.62. The van der Waals surface area contributed by atoms with Gasteiger partial charge in [0.1, 0.15) is 0 Å². The lowest BCUT2D eigenvalue weighted by molar-refractivity contribution is 0.291. The number of unbranched alkanes of at least 4 members (excludes halogenated alkanes) is 1. The van der Waals surface area contributed by atoms with Gasteiger partial charge in [-0.25, -0.2) is 4.21 Å². The van der Waals surface area contributed by atoms with Gasteiger partial charge in [-0.15, -0.1) is 0 Å². The molecule has 0 rings (SSSR count). The van der Waals surface area contributed by atoms with Gasteiger partial charge in [0.15, 0.2) is 0 Å². The summed E-state index contributed by atoms with van der Waals surface area (Å²) in [6.45, 7) is -0.0303. The normalized spacial score (nSPS) is 15.6. The quantitative estimate of drug-likeness (QED) is 0.402. The molecule has 0 saturated carbocycles. The Bertz CT molecular complexity index is 205. The maximum atomic E-state index is 11.1. The Labute approximate surface area is 73.1 Å². The molecule has 0 spiro atoms. The van der Waals surface area contributed by atoms with Crippen LogP contribution in [0.3, 0.4) is 0 Å². The van der Waals surface area contributed by atoms with E-state index in [1.807, 2.05) is 0 Å². The molecule has 0 heterocycles. The summed E-state index contributed by atoms with van der Waals surface area (Å²) in [5.74, 6) is 0.106. The fraction of sp³-hybridized carbons (Fsp3) is 0.857. The highest BCUT2D eigenvalue weighted by molar-refractivity contribution is 7.96. The highest BCUT2D eigenvalue weighted by Crippen LogP contribution is 1.92. The molecule has 0 aliphatic heterocycles. The van der Waals surface area contributed by atoms with Crippen LogP contribution in [0.25, 0.3) is 0 Å². The van der Waals surface area contributed by atoms with Crippen LogP contribution in [0.4, 0.5) is 0 Å². The van der Waals surface area contributed by atoms with Crippen LogP contribution in [0, 0.1) is 0 Å². The summed E-state index contributed by atoms with van der Waals surface area (Å²) in [5, 5.41) is 18.1. The van der Waals surface area contributed by atoms with Crippen molar-refractivity contribution in [3.05, 3.63) is 0 Å². The van der Waals surface area contributed by atoms with E-state index in [2.05, 4.69) is 0 Å². The van der Waals surface area contributed by atoms with Crippen LogP contribution >= 0.6 is 0 Å². The third kappa shape index (κ3) is 6.60. The molecule has 0 fully saturated rings. The van der Waals surface area contributed by atoms with Crippen LogP contribution in [0.15, 0.2) is 0 Å². The van der Waals surface area contributed by atoms with E-state index in [0.717, 1.165) is 0 Å². The van der Waals surface area contributed by atoms with Gasteiger partial charge >= 0.3 is 0 Å². The SMILES string of the molecule is O=S(O)(=CCCCO)CCCO. The van der Waals surface area contributed by atoms with E-state index in [9.17, 15) is 4.21 Å². The Morgan fingerprint density at radius 1 is 1.17 bits per heavy atom. The van der Waals surface area contributed by atoms with Crippen molar-refractivity contribution >= 4 is 15.2 Å². The van der Waals surface area contributed by atoms with E-state index in [4.69, 9.17) is 14.8 Å². The zero-order valence-electron chi connectivity index (χ0n) is 6.98. The van der Waals surface area contributed by atoms with Crippen molar-refractivity contribution in [2.24, 2.45) is 0 Å². The van der Waals surface area contributed by atoms with Crippen LogP contribution in [-0.4, -0.2) is 43.3 Å². The van der Waals surface area contributed by atoms with Crippen molar-refractivity contribution in [2.45, 2.75) is 19.3 Å². The first kappa shape index (κ1) is 11.9. The van der Waals surface area contributed by atoms with Crippen LogP contribution in [0.1, 0.15) is 19.3 Å². The summed E-state index contributed by atoms with van der Waals surface area (Å²) >= 11 is 0. The molecule has 0 aliphatic carbocycles. The van der Waals surface area contributed by atoms with E-state index in [1.54, 1.807) is 0 Å². The van der Waals surface area contributed by atoms with Crippen LogP contribution in [0.5, 0.6) is 0 Å². The lowest BCUT2D eigenvalue weighted by Gasteiger charge is -2.01. The van der Waals surface area contributed by atoms with Gasteiger partial charge in [0.2, 0.25) is 0 Å². The third-order valence-corrected chi connectivity index (χ3v) is 2.97. The fourth-order valence-corrected chi connectivity index (χ4v) is 1.96. The van der Waals surface area contributed by atoms with Gasteiger partial charge in [0, 0.05) is 19.0 Å². The summed E-state index contributed by atoms with van der Waals surface area (Å²) in [4.78, 5) is 0. The summed E-state index contributed by atoms with van der Waals surface area (Å²) in [6.07, 6.45) is 1.29. The zero-order chi connectivity index (χ0) is 9.45. The Morgan fingerprint density at radius 2 is 1.75 bits per heavy atom. The Morgan fingerprint density at radius 3 is 2.25 bits per heavy atom. The maximum absolute atomic E-state index is 11.1. The molecule has 74 valence electrons. The lowest BCUT2D eigenvalue weighted by Crippen LogP contribution is -2.09. The van der Waals surface area contributed by atoms with Gasteiger partial charge in [-0.2, -0.15) is 0 Å². The highest BCUT2D eigenvalue weighted by Gasteiger charge is 1.99. The smallest absolute Gasteiger partial charge is 0.0777 e. The van der Waals surface area contributed by atoms with Crippen molar-refractivity contribution in [3.63, 3.8) is 0 Å². The van der Waals surface area contributed by atoms with Crippen molar-refractivity contribution in [2.75, 3.05) is 19.0 Å². The van der Waals surface area contributed by atoms with Crippen LogP contribution < -0.4 is 0 Å². The first-order valence-electron chi connectivity index (χ1n) is 3.91. The minimum atomic E-state index is -2.86. The molecule has 0 saturated heterocycles. The van der Waals surface area contributed by atoms with Crippen molar-refractivity contribution < 1.29 is 19.0 Å². The van der Waals surface area contributed by atoms with E-state index in [-0.39, 0.29) is 19.0 Å². The number of aliphatic hydroxyl groups excluding tert-OH is 2. The molecule has 0 bridgehead atoms. The van der Waals surface area contributed by atoms with Crippen molar-refractivity contribution in [1.82, 2.24) is 0 Å². The molecule has 12 heavy (non-hydrogen) atoms. The third-order valence-electron chi connectivity index (χ3n) is 1.34. The predicted octanol–water partition coefficient (Wildman–Crippen LogP) is -0.299. The van der Waals surface area contributed by atoms with E-state index in [0.29, 0.717) is 19.3 Å². The maximum Gasteiger partial charge on any atom is 0.0777 e. The summed E-state index contributed by atoms with van der Waals surface area (Å²) in [6, 6.07) is 0. The average molecular weight is 196 g/mol. The topological polar surface area (TPSA) is 77.8 Å². The first-order chi connectivity index (χ1) is 5.62. The lowest BCUT2D eigenvalue weighted by atomic mass is 10.4. The van der Waals surface area contributed by atoms with Crippen LogP contribution in [0.2, 0.25) is 0 Å². The van der Waals surface area contributed by atoms with Gasteiger partial charge in [-0.3, -0.25) is 0 Å². The van der Waals surface area contributed by atoms with E-state index in [1.165, 1.54) is 5.37 Å². The molecule has 1 unspecified atom stereocenters. The molecule has 0 radical (unpaired) electrons. The van der Waals surface area contributed by atoms with Crippen LogP contribution in [-0.2, 0) is 9.80 Å². The van der Waals surface area contributed by atoms with Gasteiger partial charge in [0.05, 0.1) is 9.80 Å². The Balaban J connectivity index is 3.83. The Kier molecular flexibility index (Phi) is 6.37. The van der Waals surface area contributed by atoms with Gasteiger partial charge in [-0.1, -0.05) is 0 Å². The molecule has 4 nitrogen and oxygen atoms in total. The minimum Gasteiger partial charge on any atom is -0.396 e. The molecule has 1 atom stereocenters. The van der Waals surface area contributed by atoms with Crippen molar-refractivity contribution in [1.29, 1.82) is 0 Å². The van der Waals surface area contributed by atoms with Gasteiger partial charge in [-0.05, 0) is 24.6 Å². The van der Waals surface area contributed by atoms with Gasteiger partial charge < -0.3 is 14.8 Å². The average Bonchev–Trinajstić information content (AvgIpc) is 2.01. The fourth-order valence-electron chi connectivity index (χ4n) is 0.713. The molecular formula is C7H16O4S. The summed E-state index contributed by atoms with van der Waals surface area (Å²) in [7, 11) is -2.86. The molecule has 0 aromatic heterocycles. The minimum absolute atomic E-state index is 0.0337. The number of hydrogen-bond acceptors (Lipinski definition) is 3. The summed E-state index contributed by atoms with van der Waals surface area (Å²) < 4.78 is 20.3. The molecule has 3 N–H and O–H groups in total. The summed E-state index contributed by atoms with van der Waals surface area (Å²) in [5.41, 5.74) is 0. The molecule has 0 aromatic rings. The molecular weight excluding hydrogens is 180 g/mol. The molecule has 0 aliphatic rings. The van der Waals surface area contributed by atoms with E-state index >= 15 is 0 Å². The molecule has 0 amide bonds. The molecule has 0 aromatic carbocycles. The second-order valence-electron chi connectivity index (χ2n) is 2.50. The largest absolute Gasteiger partial charge is 0.396 e. The monoisotopic (exact) mass is 196 g/mol. The van der Waals surface area contributed by atoms with E-state index < -0.39 is 9.80 Å². The predicted molar refractivity (Wildman–Crippen MR) is 49.7 cm³/mol. The molecule has 5 heteroatoms. The standard InChI is InChI=1S/C7H16O4S/c8-4-1-2-6-12(10,11)7-3-5-9/h6,8-9H,1-5,7H2,(H,10,11). The second kappa shape index (κ2) is 6.42. The van der Waals surface area contributed by atoms with Crippen molar-refractivity contribution in [3.8, 4) is 0 Å². The number of rotatable bonds is 6. The van der Waals surface area contributed by atoms with Gasteiger partial charge in [0.25, 0.3) is 0 Å².